The fourth-order valence-electron chi connectivity index (χ4n) is 1.69. The van der Waals surface area contributed by atoms with Crippen LogP contribution in [0.3, 0.4) is 0 Å². The van der Waals surface area contributed by atoms with Crippen molar-refractivity contribution >= 4 is 11.6 Å². The zero-order chi connectivity index (χ0) is 16.2. The number of benzene rings is 1. The van der Waals surface area contributed by atoms with Crippen LogP contribution in [0.15, 0.2) is 29.3 Å². The summed E-state index contributed by atoms with van der Waals surface area (Å²) in [7, 11) is 1.65. The van der Waals surface area contributed by atoms with E-state index in [4.69, 9.17) is 19.9 Å². The van der Waals surface area contributed by atoms with Crippen molar-refractivity contribution in [3.8, 4) is 5.75 Å². The molecule has 0 aromatic heterocycles. The Morgan fingerprint density at radius 1 is 1.18 bits per heavy atom. The van der Waals surface area contributed by atoms with E-state index in [0.717, 1.165) is 17.9 Å². The SMILES string of the molecule is COCCOCCCN=C(N)Nc1ccc(OC(C)C)cc1. The molecule has 0 bridgehead atoms. The third-order valence-corrected chi connectivity index (χ3v) is 2.66. The maximum absolute atomic E-state index is 5.83. The molecule has 0 saturated carbocycles. The molecule has 0 unspecified atom stereocenters. The molecule has 22 heavy (non-hydrogen) atoms. The lowest BCUT2D eigenvalue weighted by molar-refractivity contribution is 0.0702. The van der Waals surface area contributed by atoms with Gasteiger partial charge in [-0.15, -0.1) is 0 Å². The van der Waals surface area contributed by atoms with Crippen LogP contribution in [0.2, 0.25) is 0 Å². The highest BCUT2D eigenvalue weighted by Gasteiger charge is 1.99. The van der Waals surface area contributed by atoms with Crippen molar-refractivity contribution < 1.29 is 14.2 Å². The van der Waals surface area contributed by atoms with Gasteiger partial charge in [0.1, 0.15) is 5.75 Å². The highest BCUT2D eigenvalue weighted by Crippen LogP contribution is 2.16. The van der Waals surface area contributed by atoms with Crippen LogP contribution in [0.25, 0.3) is 0 Å². The number of nitrogens with zero attached hydrogens (tertiary/aromatic N) is 1. The average Bonchev–Trinajstić information content (AvgIpc) is 2.48. The minimum atomic E-state index is 0.163. The maximum Gasteiger partial charge on any atom is 0.193 e. The molecule has 0 saturated heterocycles. The molecule has 0 atom stereocenters. The molecule has 0 spiro atoms. The Balaban J connectivity index is 2.25. The van der Waals surface area contributed by atoms with Crippen LogP contribution >= 0.6 is 0 Å². The largest absolute Gasteiger partial charge is 0.491 e. The van der Waals surface area contributed by atoms with E-state index < -0.39 is 0 Å². The van der Waals surface area contributed by atoms with Gasteiger partial charge in [0.05, 0.1) is 19.3 Å². The van der Waals surface area contributed by atoms with Gasteiger partial charge in [0, 0.05) is 25.9 Å². The Morgan fingerprint density at radius 2 is 1.91 bits per heavy atom. The molecule has 3 N–H and O–H groups in total. The number of hydrogen-bond donors (Lipinski definition) is 2. The molecule has 0 aliphatic carbocycles. The summed E-state index contributed by atoms with van der Waals surface area (Å²) >= 11 is 0. The van der Waals surface area contributed by atoms with E-state index in [2.05, 4.69) is 10.3 Å². The maximum atomic E-state index is 5.83. The van der Waals surface area contributed by atoms with Crippen LogP contribution in [0.4, 0.5) is 5.69 Å². The standard InChI is InChI=1S/C16H27N3O3/c1-13(2)22-15-7-5-14(6-8-15)19-16(17)18-9-4-10-21-12-11-20-3/h5-8,13H,4,9-12H2,1-3H3,(H3,17,18,19). The fourth-order valence-corrected chi connectivity index (χ4v) is 1.69. The van der Waals surface area contributed by atoms with Gasteiger partial charge < -0.3 is 25.3 Å². The number of ether oxygens (including phenoxy) is 3. The second-order valence-corrected chi connectivity index (χ2v) is 5.04. The molecule has 6 nitrogen and oxygen atoms in total. The Hall–Kier alpha value is -1.79. The number of rotatable bonds is 10. The van der Waals surface area contributed by atoms with Gasteiger partial charge in [-0.2, -0.15) is 0 Å². The first-order valence-electron chi connectivity index (χ1n) is 7.52. The number of anilines is 1. The van der Waals surface area contributed by atoms with Gasteiger partial charge >= 0.3 is 0 Å². The van der Waals surface area contributed by atoms with Crippen LogP contribution in [0, 0.1) is 0 Å². The third kappa shape index (κ3) is 8.49. The van der Waals surface area contributed by atoms with Gasteiger partial charge in [-0.3, -0.25) is 4.99 Å². The molecule has 0 aliphatic heterocycles. The molecular weight excluding hydrogens is 282 g/mol. The van der Waals surface area contributed by atoms with E-state index in [-0.39, 0.29) is 6.10 Å². The molecular formula is C16H27N3O3. The minimum Gasteiger partial charge on any atom is -0.491 e. The monoisotopic (exact) mass is 309 g/mol. The summed E-state index contributed by atoms with van der Waals surface area (Å²) in [5.41, 5.74) is 6.72. The van der Waals surface area contributed by atoms with Crippen molar-refractivity contribution in [1.82, 2.24) is 0 Å². The van der Waals surface area contributed by atoms with Gasteiger partial charge in [0.25, 0.3) is 0 Å². The Kier molecular flexibility index (Phi) is 9.02. The van der Waals surface area contributed by atoms with Crippen molar-refractivity contribution in [2.24, 2.45) is 10.7 Å². The molecule has 1 rings (SSSR count). The summed E-state index contributed by atoms with van der Waals surface area (Å²) in [6.45, 7) is 6.50. The van der Waals surface area contributed by atoms with Crippen molar-refractivity contribution in [3.05, 3.63) is 24.3 Å². The lowest BCUT2D eigenvalue weighted by Crippen LogP contribution is -2.23. The van der Waals surface area contributed by atoms with E-state index in [1.165, 1.54) is 0 Å². The lowest BCUT2D eigenvalue weighted by atomic mass is 10.3. The van der Waals surface area contributed by atoms with Gasteiger partial charge in [0.15, 0.2) is 5.96 Å². The predicted octanol–water partition coefficient (Wildman–Crippen LogP) is 2.25. The van der Waals surface area contributed by atoms with Gasteiger partial charge in [-0.1, -0.05) is 0 Å². The number of guanidine groups is 1. The molecule has 0 fully saturated rings. The molecule has 6 heteroatoms. The highest BCUT2D eigenvalue weighted by molar-refractivity contribution is 5.92. The quantitative estimate of drug-likeness (QED) is 0.394. The van der Waals surface area contributed by atoms with Crippen molar-refractivity contribution in [2.45, 2.75) is 26.4 Å². The predicted molar refractivity (Wildman–Crippen MR) is 89.6 cm³/mol. The Morgan fingerprint density at radius 3 is 2.55 bits per heavy atom. The minimum absolute atomic E-state index is 0.163. The molecule has 0 amide bonds. The third-order valence-electron chi connectivity index (χ3n) is 2.66. The van der Waals surface area contributed by atoms with Gasteiger partial charge in [0.2, 0.25) is 0 Å². The topological polar surface area (TPSA) is 78.1 Å². The second-order valence-electron chi connectivity index (χ2n) is 5.04. The lowest BCUT2D eigenvalue weighted by Gasteiger charge is -2.11. The Bertz CT molecular complexity index is 433. The number of methoxy groups -OCH3 is 1. The smallest absolute Gasteiger partial charge is 0.193 e. The van der Waals surface area contributed by atoms with Gasteiger partial charge in [-0.25, -0.2) is 0 Å². The van der Waals surface area contributed by atoms with Crippen LogP contribution in [-0.4, -0.2) is 45.5 Å². The molecule has 124 valence electrons. The first kappa shape index (κ1) is 18.3. The molecule has 1 aromatic rings. The number of aliphatic imine (C=N–C) groups is 1. The van der Waals surface area contributed by atoms with E-state index >= 15 is 0 Å². The molecule has 0 radical (unpaired) electrons. The summed E-state index contributed by atoms with van der Waals surface area (Å²) in [4.78, 5) is 4.25. The van der Waals surface area contributed by atoms with Gasteiger partial charge in [-0.05, 0) is 44.5 Å². The summed E-state index contributed by atoms with van der Waals surface area (Å²) < 4.78 is 15.8. The molecule has 0 heterocycles. The van der Waals surface area contributed by atoms with Crippen molar-refractivity contribution in [1.29, 1.82) is 0 Å². The zero-order valence-corrected chi connectivity index (χ0v) is 13.7. The fraction of sp³-hybridized carbons (Fsp3) is 0.562. The van der Waals surface area contributed by atoms with Crippen LogP contribution in [0.5, 0.6) is 5.75 Å². The first-order chi connectivity index (χ1) is 10.6. The van der Waals surface area contributed by atoms with Crippen LogP contribution in [-0.2, 0) is 9.47 Å². The Labute approximate surface area is 132 Å². The van der Waals surface area contributed by atoms with E-state index in [0.29, 0.717) is 32.3 Å². The summed E-state index contributed by atoms with van der Waals surface area (Å²) in [5, 5.41) is 3.05. The summed E-state index contributed by atoms with van der Waals surface area (Å²) in [6.07, 6.45) is 0.990. The zero-order valence-electron chi connectivity index (χ0n) is 13.7. The van der Waals surface area contributed by atoms with Crippen molar-refractivity contribution in [2.75, 3.05) is 38.8 Å². The number of nitrogens with one attached hydrogen (secondary N) is 1. The van der Waals surface area contributed by atoms with Crippen LogP contribution in [0.1, 0.15) is 20.3 Å². The summed E-state index contributed by atoms with van der Waals surface area (Å²) in [6, 6.07) is 7.63. The van der Waals surface area contributed by atoms with E-state index in [1.54, 1.807) is 7.11 Å². The average molecular weight is 309 g/mol. The first-order valence-corrected chi connectivity index (χ1v) is 7.52. The molecule has 0 aliphatic rings. The van der Waals surface area contributed by atoms with Crippen LogP contribution < -0.4 is 15.8 Å². The van der Waals surface area contributed by atoms with E-state index in [9.17, 15) is 0 Å². The van der Waals surface area contributed by atoms with E-state index in [1.807, 2.05) is 38.1 Å². The van der Waals surface area contributed by atoms with Crippen molar-refractivity contribution in [3.63, 3.8) is 0 Å². The highest BCUT2D eigenvalue weighted by atomic mass is 16.5. The molecule has 1 aromatic carbocycles. The summed E-state index contributed by atoms with van der Waals surface area (Å²) in [5.74, 6) is 1.23. The second kappa shape index (κ2) is 10.9. The number of hydrogen-bond acceptors (Lipinski definition) is 4. The number of nitrogens with two attached hydrogens (primary N) is 1. The normalized spacial score (nSPS) is 11.7.